The normalized spacial score (nSPS) is 19.8. The predicted molar refractivity (Wildman–Crippen MR) is 183 cm³/mol. The summed E-state index contributed by atoms with van der Waals surface area (Å²) in [7, 11) is 0. The highest BCUT2D eigenvalue weighted by Gasteiger charge is 2.45. The van der Waals surface area contributed by atoms with Crippen molar-refractivity contribution >= 4 is 34.6 Å². The minimum Gasteiger partial charge on any atom is -0.491 e. The topological polar surface area (TPSA) is 113 Å². The molecule has 1 saturated heterocycles. The van der Waals surface area contributed by atoms with Crippen molar-refractivity contribution in [2.75, 3.05) is 36.5 Å². The van der Waals surface area contributed by atoms with Crippen molar-refractivity contribution in [1.82, 2.24) is 29.1 Å². The van der Waals surface area contributed by atoms with Crippen LogP contribution in [0, 0.1) is 0 Å². The first-order valence-electron chi connectivity index (χ1n) is 15.9. The van der Waals surface area contributed by atoms with Crippen LogP contribution < -0.4 is 20.6 Å². The Hall–Kier alpha value is -4.36. The summed E-state index contributed by atoms with van der Waals surface area (Å²) in [5.41, 5.74) is 4.53. The van der Waals surface area contributed by atoms with Gasteiger partial charge in [-0.2, -0.15) is 10.2 Å². The molecule has 0 aliphatic carbocycles. The van der Waals surface area contributed by atoms with E-state index in [1.54, 1.807) is 34.0 Å². The van der Waals surface area contributed by atoms with E-state index >= 15 is 0 Å². The maximum Gasteiger partial charge on any atom is 0.350 e. The Kier molecular flexibility index (Phi) is 9.15. The van der Waals surface area contributed by atoms with Gasteiger partial charge in [0.1, 0.15) is 44.0 Å². The Morgan fingerprint density at radius 1 is 1.06 bits per heavy atom. The van der Waals surface area contributed by atoms with E-state index in [1.165, 1.54) is 11.0 Å². The number of benzene rings is 3. The van der Waals surface area contributed by atoms with Crippen LogP contribution in [0.5, 0.6) is 5.75 Å². The minimum absolute atomic E-state index is 0.0445. The molecule has 5 aromatic rings. The van der Waals surface area contributed by atoms with Gasteiger partial charge in [0.15, 0.2) is 0 Å². The number of ether oxygens (including phenoxy) is 3. The van der Waals surface area contributed by atoms with Crippen LogP contribution in [-0.4, -0.2) is 61.5 Å². The summed E-state index contributed by atoms with van der Waals surface area (Å²) >= 11 is 12.8. The van der Waals surface area contributed by atoms with Crippen molar-refractivity contribution in [2.45, 2.75) is 51.3 Å². The average molecular weight is 692 g/mol. The van der Waals surface area contributed by atoms with Crippen LogP contribution in [0.15, 0.2) is 84.4 Å². The van der Waals surface area contributed by atoms with Gasteiger partial charge in [-0.15, -0.1) is 0 Å². The van der Waals surface area contributed by atoms with Gasteiger partial charge < -0.3 is 24.4 Å². The summed E-state index contributed by atoms with van der Waals surface area (Å²) < 4.78 is 23.8. The van der Waals surface area contributed by atoms with E-state index in [1.807, 2.05) is 56.3 Å². The Morgan fingerprint density at radius 2 is 1.90 bits per heavy atom. The fraction of sp³-hybridized carbons (Fsp3) is 0.353. The summed E-state index contributed by atoms with van der Waals surface area (Å²) in [6.07, 6.45) is 5.12. The molecule has 0 radical (unpaired) electrons. The quantitative estimate of drug-likeness (QED) is 0.198. The molecule has 0 bridgehead atoms. The molecule has 0 saturated carbocycles. The van der Waals surface area contributed by atoms with Gasteiger partial charge in [0, 0.05) is 41.6 Å². The maximum absolute atomic E-state index is 12.9. The number of hydrogen-bond acceptors (Lipinski definition) is 9. The molecular formula is C34H36Cl2N8O4. The van der Waals surface area contributed by atoms with Crippen LogP contribution in [0.1, 0.15) is 37.4 Å². The number of rotatable bonds is 10. The number of fused-ring (bicyclic) bond motifs is 1. The van der Waals surface area contributed by atoms with Crippen LogP contribution in [0.2, 0.25) is 10.0 Å². The molecule has 7 rings (SSSR count). The number of nitrogens with one attached hydrogen (secondary N) is 1. The van der Waals surface area contributed by atoms with Crippen LogP contribution in [0.25, 0.3) is 5.69 Å². The molecule has 1 fully saturated rings. The second kappa shape index (κ2) is 13.6. The molecular weight excluding hydrogens is 655 g/mol. The molecule has 12 nitrogen and oxygen atoms in total. The molecule has 14 heteroatoms. The van der Waals surface area contributed by atoms with Crippen molar-refractivity contribution in [1.29, 1.82) is 0 Å². The second-order valence-electron chi connectivity index (χ2n) is 12.0. The summed E-state index contributed by atoms with van der Waals surface area (Å²) in [5.74, 6) is -0.452. The summed E-state index contributed by atoms with van der Waals surface area (Å²) in [6.45, 7) is 7.14. The van der Waals surface area contributed by atoms with Crippen molar-refractivity contribution in [3.8, 4) is 11.4 Å². The van der Waals surface area contributed by atoms with Crippen molar-refractivity contribution in [3.63, 3.8) is 0 Å². The summed E-state index contributed by atoms with van der Waals surface area (Å²) in [5, 5.41) is 13.0. The Balaban J connectivity index is 1.03. The molecule has 3 atom stereocenters. The minimum atomic E-state index is -1.18. The molecule has 250 valence electrons. The highest BCUT2D eigenvalue weighted by Crippen LogP contribution is 2.40. The van der Waals surface area contributed by atoms with E-state index < -0.39 is 5.79 Å². The van der Waals surface area contributed by atoms with Crippen LogP contribution in [-0.2, 0) is 28.4 Å². The van der Waals surface area contributed by atoms with Gasteiger partial charge in [0.25, 0.3) is 0 Å². The van der Waals surface area contributed by atoms with E-state index in [0.29, 0.717) is 28.8 Å². The van der Waals surface area contributed by atoms with Crippen LogP contribution in [0.4, 0.5) is 11.4 Å². The average Bonchev–Trinajstić information content (AvgIpc) is 3.81. The second-order valence-corrected chi connectivity index (χ2v) is 12.8. The third-order valence-corrected chi connectivity index (χ3v) is 9.35. The maximum atomic E-state index is 12.9. The van der Waals surface area contributed by atoms with Crippen LogP contribution >= 0.6 is 23.2 Å². The lowest BCUT2D eigenvalue weighted by atomic mass is 10.1. The number of nitrogens with zero attached hydrogens (tertiary/aromatic N) is 7. The van der Waals surface area contributed by atoms with E-state index in [-0.39, 0.29) is 31.0 Å². The van der Waals surface area contributed by atoms with Crippen LogP contribution in [0.3, 0.4) is 0 Å². The van der Waals surface area contributed by atoms with Gasteiger partial charge in [-0.1, -0.05) is 36.2 Å². The molecule has 0 amide bonds. The number of hydrogen-bond donors (Lipinski definition) is 1. The zero-order valence-corrected chi connectivity index (χ0v) is 28.1. The van der Waals surface area contributed by atoms with Gasteiger partial charge in [-0.25, -0.2) is 23.7 Å². The van der Waals surface area contributed by atoms with Crippen molar-refractivity contribution in [3.05, 3.63) is 111 Å². The van der Waals surface area contributed by atoms with Gasteiger partial charge in [0.2, 0.25) is 5.79 Å². The molecule has 3 aromatic carbocycles. The first-order valence-corrected chi connectivity index (χ1v) is 16.7. The molecule has 1 unspecified atom stereocenters. The Morgan fingerprint density at radius 3 is 2.67 bits per heavy atom. The van der Waals surface area contributed by atoms with Gasteiger partial charge in [-0.05, 0) is 73.5 Å². The molecule has 2 aromatic heterocycles. The van der Waals surface area contributed by atoms with E-state index in [4.69, 9.17) is 37.4 Å². The molecule has 48 heavy (non-hydrogen) atoms. The molecule has 4 heterocycles. The first kappa shape index (κ1) is 32.2. The SMILES string of the molecule is CCC(C)n1ncn(-c2ccc(N3CCNc4ccc(OC[C@H]5CO[C@](Cn6cncn6)(c6ccc(Cl)cc6Cl)O5)cc4C3)cc2)c1=O. The van der Waals surface area contributed by atoms with Crippen molar-refractivity contribution in [2.24, 2.45) is 0 Å². The smallest absolute Gasteiger partial charge is 0.350 e. The van der Waals surface area contributed by atoms with Gasteiger partial charge in [0.05, 0.1) is 23.4 Å². The fourth-order valence-corrected chi connectivity index (χ4v) is 6.61. The number of aromatic nitrogens is 6. The Bertz CT molecular complexity index is 1930. The predicted octanol–water partition coefficient (Wildman–Crippen LogP) is 5.68. The standard InChI is InChI=1S/C34H36Cl2N8O4/c1-3-23(2)44-33(45)43(22-40-44)27-7-5-26(6-8-27)41-13-12-38-32-11-9-28(14-24(32)16-41)46-17-29-18-47-34(48-29,19-42-21-37-20-39-42)30-10-4-25(35)15-31(30)36/h4-11,14-15,20-23,29,38H,3,12-13,16-19H2,1-2H3/t23?,29-,34-/m0/s1. The lowest BCUT2D eigenvalue weighted by Crippen LogP contribution is -2.35. The van der Waals surface area contributed by atoms with Crippen molar-refractivity contribution < 1.29 is 14.2 Å². The first-order chi connectivity index (χ1) is 23.3. The highest BCUT2D eigenvalue weighted by molar-refractivity contribution is 6.35. The van der Waals surface area contributed by atoms with E-state index in [9.17, 15) is 4.79 Å². The van der Waals surface area contributed by atoms with Gasteiger partial charge >= 0.3 is 5.69 Å². The molecule has 1 N–H and O–H groups in total. The monoisotopic (exact) mass is 690 g/mol. The lowest BCUT2D eigenvalue weighted by Gasteiger charge is -2.29. The number of halogens is 2. The third-order valence-electron chi connectivity index (χ3n) is 8.80. The van der Waals surface area contributed by atoms with E-state index in [0.717, 1.165) is 47.9 Å². The Labute approximate surface area is 287 Å². The lowest BCUT2D eigenvalue weighted by molar-refractivity contribution is -0.190. The zero-order chi connectivity index (χ0) is 33.3. The fourth-order valence-electron chi connectivity index (χ4n) is 6.06. The largest absolute Gasteiger partial charge is 0.491 e. The van der Waals surface area contributed by atoms with Gasteiger partial charge in [-0.3, -0.25) is 0 Å². The molecule has 2 aliphatic rings. The third kappa shape index (κ3) is 6.53. The molecule has 0 spiro atoms. The van der Waals surface area contributed by atoms with E-state index in [2.05, 4.69) is 31.5 Å². The highest BCUT2D eigenvalue weighted by atomic mass is 35.5. The number of anilines is 2. The summed E-state index contributed by atoms with van der Waals surface area (Å²) in [4.78, 5) is 19.3. The molecule has 2 aliphatic heterocycles. The zero-order valence-electron chi connectivity index (χ0n) is 26.6. The summed E-state index contributed by atoms with van der Waals surface area (Å²) in [6, 6.07) is 19.4.